The second-order valence-corrected chi connectivity index (χ2v) is 1.87. The Labute approximate surface area is 56.5 Å². The van der Waals surface area contributed by atoms with E-state index in [0.717, 1.165) is 6.08 Å². The number of rotatable bonds is 3. The van der Waals surface area contributed by atoms with Crippen LogP contribution >= 0.6 is 0 Å². The van der Waals surface area contributed by atoms with Crippen LogP contribution in [0.4, 0.5) is 17.6 Å². The van der Waals surface area contributed by atoms with Crippen LogP contribution in [-0.4, -0.2) is 6.18 Å². The average Bonchev–Trinajstić information content (AvgIpc) is 1.78. The van der Waals surface area contributed by atoms with Gasteiger partial charge < -0.3 is 0 Å². The first-order chi connectivity index (χ1) is 4.56. The summed E-state index contributed by atoms with van der Waals surface area (Å²) in [6.45, 7) is 0. The Balaban J connectivity index is 3.20. The number of unbranched alkanes of at least 4 members (excludes halogenated alkanes) is 1. The van der Waals surface area contributed by atoms with Gasteiger partial charge in [-0.25, -0.2) is 4.39 Å². The van der Waals surface area contributed by atoms with Gasteiger partial charge in [0, 0.05) is 6.42 Å². The summed E-state index contributed by atoms with van der Waals surface area (Å²) in [5.41, 5.74) is 0. The van der Waals surface area contributed by atoms with E-state index in [1.165, 1.54) is 0 Å². The fourth-order valence-electron chi connectivity index (χ4n) is 0.483. The fraction of sp³-hybridized carbons (Fsp3) is 0.667. The number of hydrogen-bond donors (Lipinski definition) is 0. The zero-order valence-electron chi connectivity index (χ0n) is 5.29. The Hall–Kier alpha value is -0.540. The molecule has 4 heteroatoms. The van der Waals surface area contributed by atoms with Crippen molar-refractivity contribution in [3.63, 3.8) is 0 Å². The second kappa shape index (κ2) is 4.30. The molecule has 0 aliphatic carbocycles. The lowest BCUT2D eigenvalue weighted by Crippen LogP contribution is -2.05. The van der Waals surface area contributed by atoms with E-state index in [0.29, 0.717) is 0 Å². The smallest absolute Gasteiger partial charge is 0.216 e. The molecule has 0 heterocycles. The highest BCUT2D eigenvalue weighted by Crippen LogP contribution is 2.22. The van der Waals surface area contributed by atoms with Crippen molar-refractivity contribution in [3.8, 4) is 0 Å². The predicted molar refractivity (Wildman–Crippen MR) is 30.2 cm³/mol. The Bertz CT molecular complexity index is 103. The third kappa shape index (κ3) is 7.46. The number of allylic oxidation sites excluding steroid dienone is 1. The van der Waals surface area contributed by atoms with E-state index in [1.807, 2.05) is 0 Å². The largest absolute Gasteiger partial charge is 0.389 e. The topological polar surface area (TPSA) is 0 Å². The van der Waals surface area contributed by atoms with Gasteiger partial charge in [0.25, 0.3) is 0 Å². The summed E-state index contributed by atoms with van der Waals surface area (Å²) in [4.78, 5) is 0. The lowest BCUT2D eigenvalue weighted by atomic mass is 10.2. The summed E-state index contributed by atoms with van der Waals surface area (Å²) in [6, 6.07) is 0. The van der Waals surface area contributed by atoms with Gasteiger partial charge in [-0.2, -0.15) is 13.2 Å². The Morgan fingerprint density at radius 1 is 1.20 bits per heavy atom. The molecule has 0 unspecified atom stereocenters. The van der Waals surface area contributed by atoms with Crippen LogP contribution in [0, 0.1) is 0 Å². The Kier molecular flexibility index (Phi) is 4.07. The van der Waals surface area contributed by atoms with Gasteiger partial charge in [-0.3, -0.25) is 0 Å². The summed E-state index contributed by atoms with van der Waals surface area (Å²) < 4.78 is 45.2. The maximum absolute atomic E-state index is 11.4. The summed E-state index contributed by atoms with van der Waals surface area (Å²) >= 11 is 0. The van der Waals surface area contributed by atoms with Gasteiger partial charge in [-0.1, -0.05) is 6.08 Å². The van der Waals surface area contributed by atoms with Crippen LogP contribution in [-0.2, 0) is 0 Å². The molecule has 0 fully saturated rings. The minimum absolute atomic E-state index is 0.0378. The maximum atomic E-state index is 11.4. The van der Waals surface area contributed by atoms with Crippen LogP contribution in [0.5, 0.6) is 0 Å². The van der Waals surface area contributed by atoms with Crippen molar-refractivity contribution in [2.45, 2.75) is 25.4 Å². The Morgan fingerprint density at radius 2 is 1.80 bits per heavy atom. The van der Waals surface area contributed by atoms with Crippen molar-refractivity contribution in [2.24, 2.45) is 0 Å². The van der Waals surface area contributed by atoms with Crippen LogP contribution in [0.3, 0.4) is 0 Å². The van der Waals surface area contributed by atoms with Crippen molar-refractivity contribution < 1.29 is 17.6 Å². The SMILES string of the molecule is F/C=C/CCCC(F)(F)F. The van der Waals surface area contributed by atoms with E-state index in [2.05, 4.69) is 0 Å². The first-order valence-electron chi connectivity index (χ1n) is 2.88. The summed E-state index contributed by atoms with van der Waals surface area (Å²) in [5, 5.41) is 0. The minimum atomic E-state index is -4.11. The van der Waals surface area contributed by atoms with Gasteiger partial charge >= 0.3 is 6.18 Å². The molecule has 0 aromatic heterocycles. The monoisotopic (exact) mass is 156 g/mol. The van der Waals surface area contributed by atoms with Crippen LogP contribution in [0.2, 0.25) is 0 Å². The quantitative estimate of drug-likeness (QED) is 0.434. The molecule has 0 aliphatic heterocycles. The van der Waals surface area contributed by atoms with Crippen molar-refractivity contribution in [2.75, 3.05) is 0 Å². The molecule has 60 valence electrons. The zero-order chi connectivity index (χ0) is 8.04. The third-order valence-electron chi connectivity index (χ3n) is 0.920. The lowest BCUT2D eigenvalue weighted by molar-refractivity contribution is -0.135. The molecule has 0 atom stereocenters. The van der Waals surface area contributed by atoms with Gasteiger partial charge in [-0.05, 0) is 12.8 Å². The molecule has 0 bridgehead atoms. The number of hydrogen-bond acceptors (Lipinski definition) is 0. The van der Waals surface area contributed by atoms with Crippen LogP contribution < -0.4 is 0 Å². The van der Waals surface area contributed by atoms with Crippen molar-refractivity contribution in [3.05, 3.63) is 12.4 Å². The van der Waals surface area contributed by atoms with Crippen molar-refractivity contribution >= 4 is 0 Å². The van der Waals surface area contributed by atoms with Crippen molar-refractivity contribution in [1.29, 1.82) is 0 Å². The molecule has 10 heavy (non-hydrogen) atoms. The molecule has 0 spiro atoms. The summed E-state index contributed by atoms with van der Waals surface area (Å²) in [5.74, 6) is 0. The van der Waals surface area contributed by atoms with E-state index in [4.69, 9.17) is 0 Å². The average molecular weight is 156 g/mol. The first kappa shape index (κ1) is 9.46. The molecule has 0 aromatic rings. The summed E-state index contributed by atoms with van der Waals surface area (Å²) in [6.07, 6.45) is -3.50. The van der Waals surface area contributed by atoms with Crippen molar-refractivity contribution in [1.82, 2.24) is 0 Å². The molecular formula is C6H8F4. The highest BCUT2D eigenvalue weighted by Gasteiger charge is 2.25. The van der Waals surface area contributed by atoms with E-state index in [-0.39, 0.29) is 19.2 Å². The molecule has 0 saturated heterocycles. The standard InChI is InChI=1S/C6H8F4/c7-5-3-1-2-4-6(8,9)10/h3,5H,1-2,4H2/b5-3+. The highest BCUT2D eigenvalue weighted by molar-refractivity contribution is 4.72. The molecule has 0 aliphatic rings. The molecule has 0 saturated carbocycles. The summed E-state index contributed by atoms with van der Waals surface area (Å²) in [7, 11) is 0. The zero-order valence-corrected chi connectivity index (χ0v) is 5.29. The van der Waals surface area contributed by atoms with E-state index < -0.39 is 12.6 Å². The molecule has 0 amide bonds. The Morgan fingerprint density at radius 3 is 2.20 bits per heavy atom. The molecule has 0 radical (unpaired) electrons. The third-order valence-corrected chi connectivity index (χ3v) is 0.920. The second-order valence-electron chi connectivity index (χ2n) is 1.87. The van der Waals surface area contributed by atoms with Gasteiger partial charge in [0.1, 0.15) is 0 Å². The highest BCUT2D eigenvalue weighted by atomic mass is 19.4. The van der Waals surface area contributed by atoms with Gasteiger partial charge in [0.2, 0.25) is 0 Å². The molecule has 0 N–H and O–H groups in total. The lowest BCUT2D eigenvalue weighted by Gasteiger charge is -2.02. The van der Waals surface area contributed by atoms with Gasteiger partial charge in [0.05, 0.1) is 6.33 Å². The number of alkyl halides is 3. The molecular weight excluding hydrogens is 148 g/mol. The molecule has 0 nitrogen and oxygen atoms in total. The van der Waals surface area contributed by atoms with Gasteiger partial charge in [-0.15, -0.1) is 0 Å². The van der Waals surface area contributed by atoms with Crippen LogP contribution in [0.1, 0.15) is 19.3 Å². The van der Waals surface area contributed by atoms with E-state index >= 15 is 0 Å². The maximum Gasteiger partial charge on any atom is 0.389 e. The minimum Gasteiger partial charge on any atom is -0.216 e. The normalized spacial score (nSPS) is 12.8. The van der Waals surface area contributed by atoms with E-state index in [1.54, 1.807) is 0 Å². The van der Waals surface area contributed by atoms with Gasteiger partial charge in [0.15, 0.2) is 0 Å². The number of halogens is 4. The van der Waals surface area contributed by atoms with Crippen LogP contribution in [0.25, 0.3) is 0 Å². The molecule has 0 aromatic carbocycles. The van der Waals surface area contributed by atoms with Crippen LogP contribution in [0.15, 0.2) is 12.4 Å². The first-order valence-corrected chi connectivity index (χ1v) is 2.88. The predicted octanol–water partition coefficient (Wildman–Crippen LogP) is 3.20. The fourth-order valence-corrected chi connectivity index (χ4v) is 0.483. The molecule has 0 rings (SSSR count). The van der Waals surface area contributed by atoms with E-state index in [9.17, 15) is 17.6 Å².